The number of hydrogen-bond donors (Lipinski definition) is 2. The van der Waals surface area contributed by atoms with Gasteiger partial charge >= 0.3 is 5.97 Å². The summed E-state index contributed by atoms with van der Waals surface area (Å²) < 4.78 is 11.8. The van der Waals surface area contributed by atoms with Crippen molar-refractivity contribution in [3.63, 3.8) is 0 Å². The van der Waals surface area contributed by atoms with Crippen LogP contribution >= 0.6 is 0 Å². The molecule has 1 amide bonds. The van der Waals surface area contributed by atoms with E-state index in [2.05, 4.69) is 16.4 Å². The van der Waals surface area contributed by atoms with E-state index in [0.717, 1.165) is 35.4 Å². The second-order valence-corrected chi connectivity index (χ2v) is 9.46. The molecule has 0 saturated heterocycles. The van der Waals surface area contributed by atoms with Crippen LogP contribution in [0.1, 0.15) is 57.4 Å². The molecule has 7 nitrogen and oxygen atoms in total. The normalized spacial score (nSPS) is 14.2. The molecule has 2 N–H and O–H groups in total. The van der Waals surface area contributed by atoms with E-state index in [1.54, 1.807) is 18.2 Å². The maximum absolute atomic E-state index is 13.4. The minimum Gasteiger partial charge on any atom is -0.493 e. The van der Waals surface area contributed by atoms with Gasteiger partial charge < -0.3 is 19.6 Å². The highest BCUT2D eigenvalue weighted by Crippen LogP contribution is 2.31. The van der Waals surface area contributed by atoms with E-state index in [9.17, 15) is 14.7 Å². The van der Waals surface area contributed by atoms with Crippen molar-refractivity contribution in [1.82, 2.24) is 10.3 Å². The first-order valence-electron chi connectivity index (χ1n) is 12.9. The summed E-state index contributed by atoms with van der Waals surface area (Å²) in [5.41, 5.74) is 5.25. The Balaban J connectivity index is 1.28. The molecule has 1 aliphatic carbocycles. The molecule has 38 heavy (non-hydrogen) atoms. The predicted molar refractivity (Wildman–Crippen MR) is 143 cm³/mol. The molecule has 0 aliphatic heterocycles. The fourth-order valence-corrected chi connectivity index (χ4v) is 4.89. The van der Waals surface area contributed by atoms with Gasteiger partial charge in [0.2, 0.25) is 5.89 Å². The summed E-state index contributed by atoms with van der Waals surface area (Å²) in [6, 6.07) is 23.1. The van der Waals surface area contributed by atoms with Crippen LogP contribution in [0.25, 0.3) is 11.5 Å². The summed E-state index contributed by atoms with van der Waals surface area (Å²) in [5, 5.41) is 12.3. The van der Waals surface area contributed by atoms with Gasteiger partial charge in [0, 0.05) is 24.0 Å². The number of nitrogens with zero attached hydrogens (tertiary/aromatic N) is 1. The fraction of sp³-hybridized carbons (Fsp3) is 0.258. The lowest BCUT2D eigenvalue weighted by Crippen LogP contribution is -2.28. The van der Waals surface area contributed by atoms with Crippen LogP contribution in [-0.4, -0.2) is 28.6 Å². The highest BCUT2D eigenvalue weighted by molar-refractivity contribution is 5.96. The van der Waals surface area contributed by atoms with E-state index in [-0.39, 0.29) is 24.8 Å². The summed E-state index contributed by atoms with van der Waals surface area (Å²) in [5.74, 6) is 0.740. The van der Waals surface area contributed by atoms with Gasteiger partial charge in [0.05, 0.1) is 18.3 Å². The maximum atomic E-state index is 13.4. The number of carboxylic acids is 1. The Bertz CT molecular complexity index is 1440. The minimum atomic E-state index is -0.903. The SMILES string of the molecule is Cc1oc(-c2ccccc2)nc1CCOc1ccc(CCC(=O)O)c(C(=O)NC2CCc3ccccc32)c1. The van der Waals surface area contributed by atoms with Gasteiger partial charge in [-0.1, -0.05) is 48.5 Å². The molecule has 0 bridgehead atoms. The third-order valence-electron chi connectivity index (χ3n) is 6.89. The second-order valence-electron chi connectivity index (χ2n) is 9.46. The number of hydrogen-bond acceptors (Lipinski definition) is 5. The summed E-state index contributed by atoms with van der Waals surface area (Å²) in [6.07, 6.45) is 2.52. The number of rotatable bonds is 10. The number of aliphatic carboxylic acids is 1. The largest absolute Gasteiger partial charge is 0.493 e. The van der Waals surface area contributed by atoms with E-state index in [1.165, 1.54) is 5.56 Å². The number of benzene rings is 3. The molecule has 4 aromatic rings. The number of aromatic nitrogens is 1. The van der Waals surface area contributed by atoms with Crippen molar-refractivity contribution in [2.75, 3.05) is 6.61 Å². The fourth-order valence-electron chi connectivity index (χ4n) is 4.89. The summed E-state index contributed by atoms with van der Waals surface area (Å²) >= 11 is 0. The monoisotopic (exact) mass is 510 g/mol. The van der Waals surface area contributed by atoms with Gasteiger partial charge in [-0.05, 0) is 67.1 Å². The van der Waals surface area contributed by atoms with Gasteiger partial charge in [-0.15, -0.1) is 0 Å². The Kier molecular flexibility index (Phi) is 7.54. The first kappa shape index (κ1) is 25.3. The molecule has 0 spiro atoms. The van der Waals surface area contributed by atoms with Gasteiger partial charge in [0.1, 0.15) is 11.5 Å². The molecule has 3 aromatic carbocycles. The van der Waals surface area contributed by atoms with Crippen molar-refractivity contribution in [2.45, 2.75) is 45.1 Å². The average Bonchev–Trinajstić information content (AvgIpc) is 3.51. The molecule has 1 aliphatic rings. The second kappa shape index (κ2) is 11.3. The van der Waals surface area contributed by atoms with Gasteiger partial charge in [-0.2, -0.15) is 0 Å². The number of aryl methyl sites for hydroxylation is 3. The number of fused-ring (bicyclic) bond motifs is 1. The Morgan fingerprint density at radius 2 is 1.84 bits per heavy atom. The molecule has 0 saturated carbocycles. The molecule has 0 fully saturated rings. The maximum Gasteiger partial charge on any atom is 0.303 e. The van der Waals surface area contributed by atoms with Gasteiger partial charge in [-0.3, -0.25) is 9.59 Å². The molecule has 1 atom stereocenters. The van der Waals surface area contributed by atoms with Crippen LogP contribution in [0.5, 0.6) is 5.75 Å². The lowest BCUT2D eigenvalue weighted by atomic mass is 10.0. The number of nitrogens with one attached hydrogen (secondary N) is 1. The molecule has 0 radical (unpaired) electrons. The van der Waals surface area contributed by atoms with Crippen LogP contribution < -0.4 is 10.1 Å². The summed E-state index contributed by atoms with van der Waals surface area (Å²) in [6.45, 7) is 2.24. The van der Waals surface area contributed by atoms with Crippen molar-refractivity contribution in [2.24, 2.45) is 0 Å². The van der Waals surface area contributed by atoms with Crippen LogP contribution in [0.3, 0.4) is 0 Å². The number of oxazole rings is 1. The zero-order valence-electron chi connectivity index (χ0n) is 21.3. The van der Waals surface area contributed by atoms with Gasteiger partial charge in [0.25, 0.3) is 5.91 Å². The van der Waals surface area contributed by atoms with Crippen molar-refractivity contribution < 1.29 is 23.8 Å². The molecular weight excluding hydrogens is 480 g/mol. The number of carbonyl (C=O) groups is 2. The third kappa shape index (κ3) is 5.78. The lowest BCUT2D eigenvalue weighted by Gasteiger charge is -2.17. The van der Waals surface area contributed by atoms with E-state index >= 15 is 0 Å². The van der Waals surface area contributed by atoms with Crippen LogP contribution in [0.4, 0.5) is 0 Å². The average molecular weight is 511 g/mol. The summed E-state index contributed by atoms with van der Waals surface area (Å²) in [7, 11) is 0. The quantitative estimate of drug-likeness (QED) is 0.284. The number of carboxylic acid groups (broad SMARTS) is 1. The standard InChI is InChI=1S/C31H30N2O5/c1-20-27(33-31(38-20)23-8-3-2-4-9-23)17-18-37-24-14-11-22(13-16-29(34)35)26(19-24)30(36)32-28-15-12-21-7-5-6-10-25(21)28/h2-11,14,19,28H,12-13,15-18H2,1H3,(H,32,36)(H,34,35). The van der Waals surface area contributed by atoms with Crippen molar-refractivity contribution in [3.8, 4) is 17.2 Å². The van der Waals surface area contributed by atoms with Crippen molar-refractivity contribution in [3.05, 3.63) is 107 Å². The molecule has 5 rings (SSSR count). The Hall–Kier alpha value is -4.39. The highest BCUT2D eigenvalue weighted by atomic mass is 16.5. The summed E-state index contributed by atoms with van der Waals surface area (Å²) in [4.78, 5) is 29.2. The van der Waals surface area contributed by atoms with Crippen molar-refractivity contribution in [1.29, 1.82) is 0 Å². The number of ether oxygens (including phenoxy) is 1. The smallest absolute Gasteiger partial charge is 0.303 e. The lowest BCUT2D eigenvalue weighted by molar-refractivity contribution is -0.136. The first-order valence-corrected chi connectivity index (χ1v) is 12.9. The minimum absolute atomic E-state index is 0.0536. The zero-order valence-corrected chi connectivity index (χ0v) is 21.3. The Morgan fingerprint density at radius 3 is 2.66 bits per heavy atom. The Morgan fingerprint density at radius 1 is 1.05 bits per heavy atom. The van der Waals surface area contributed by atoms with E-state index < -0.39 is 5.97 Å². The molecule has 194 valence electrons. The van der Waals surface area contributed by atoms with E-state index in [1.807, 2.05) is 55.5 Å². The number of carbonyl (C=O) groups excluding carboxylic acids is 1. The zero-order chi connectivity index (χ0) is 26.5. The van der Waals surface area contributed by atoms with Crippen molar-refractivity contribution >= 4 is 11.9 Å². The van der Waals surface area contributed by atoms with Crippen LogP contribution in [0.2, 0.25) is 0 Å². The van der Waals surface area contributed by atoms with Crippen LogP contribution in [-0.2, 0) is 24.1 Å². The van der Waals surface area contributed by atoms with Gasteiger partial charge in [-0.25, -0.2) is 4.98 Å². The predicted octanol–water partition coefficient (Wildman–Crippen LogP) is 5.71. The molecule has 1 aromatic heterocycles. The van der Waals surface area contributed by atoms with Crippen LogP contribution in [0.15, 0.2) is 77.2 Å². The van der Waals surface area contributed by atoms with E-state index in [0.29, 0.717) is 35.8 Å². The molecular formula is C31H30N2O5. The van der Waals surface area contributed by atoms with Gasteiger partial charge in [0.15, 0.2) is 0 Å². The number of amides is 1. The highest BCUT2D eigenvalue weighted by Gasteiger charge is 2.25. The first-order chi connectivity index (χ1) is 18.5. The van der Waals surface area contributed by atoms with Crippen LogP contribution in [0, 0.1) is 6.92 Å². The Labute approximate surface area is 221 Å². The third-order valence-corrected chi connectivity index (χ3v) is 6.89. The molecule has 1 heterocycles. The van der Waals surface area contributed by atoms with E-state index in [4.69, 9.17) is 9.15 Å². The molecule has 1 unspecified atom stereocenters. The molecule has 7 heteroatoms. The topological polar surface area (TPSA) is 102 Å².